The number of aromatic nitrogens is 3. The summed E-state index contributed by atoms with van der Waals surface area (Å²) in [5.41, 5.74) is 0.999. The van der Waals surface area contributed by atoms with Crippen molar-refractivity contribution in [3.05, 3.63) is 59.9 Å². The number of nitrogens with one attached hydrogen (secondary N) is 2. The van der Waals surface area contributed by atoms with E-state index in [1.54, 1.807) is 30.5 Å². The number of hydrogen-bond donors (Lipinski definition) is 2. The number of rotatable bonds is 6. The molecule has 0 spiro atoms. The van der Waals surface area contributed by atoms with E-state index in [1.807, 2.05) is 18.9 Å². The van der Waals surface area contributed by atoms with Crippen molar-refractivity contribution in [1.29, 1.82) is 0 Å². The third kappa shape index (κ3) is 4.47. The Labute approximate surface area is 151 Å². The van der Waals surface area contributed by atoms with E-state index < -0.39 is 0 Å². The molecule has 2 N–H and O–H groups in total. The van der Waals surface area contributed by atoms with E-state index in [0.29, 0.717) is 30.5 Å². The van der Waals surface area contributed by atoms with Crippen molar-refractivity contribution in [2.75, 3.05) is 13.6 Å². The second-order valence-electron chi connectivity index (χ2n) is 5.74. The molecule has 0 fully saturated rings. The third-order valence-corrected chi connectivity index (χ3v) is 3.68. The Morgan fingerprint density at radius 1 is 1.31 bits per heavy atom. The number of hydrogen-bond acceptors (Lipinski definition) is 4. The van der Waals surface area contributed by atoms with Gasteiger partial charge in [-0.3, -0.25) is 5.10 Å². The molecule has 7 nitrogen and oxygen atoms in total. The molecule has 1 aromatic carbocycles. The van der Waals surface area contributed by atoms with E-state index in [1.165, 1.54) is 12.1 Å². The zero-order valence-electron chi connectivity index (χ0n) is 14.7. The summed E-state index contributed by atoms with van der Waals surface area (Å²) in [6.45, 7) is 3.70. The van der Waals surface area contributed by atoms with Crippen LogP contribution in [0.3, 0.4) is 0 Å². The molecule has 3 rings (SSSR count). The fourth-order valence-corrected chi connectivity index (χ4v) is 2.44. The number of nitrogens with zero attached hydrogens (tertiary/aromatic N) is 4. The minimum atomic E-state index is -0.241. The Morgan fingerprint density at radius 2 is 2.12 bits per heavy atom. The maximum Gasteiger partial charge on any atom is 0.216 e. The van der Waals surface area contributed by atoms with Crippen LogP contribution in [-0.4, -0.2) is 39.6 Å². The van der Waals surface area contributed by atoms with Gasteiger partial charge in [-0.05, 0) is 36.8 Å². The molecular formula is C18H21FN6O. The summed E-state index contributed by atoms with van der Waals surface area (Å²) >= 11 is 0. The van der Waals surface area contributed by atoms with Crippen LogP contribution < -0.4 is 5.32 Å². The highest BCUT2D eigenvalue weighted by Gasteiger charge is 2.10. The lowest BCUT2D eigenvalue weighted by atomic mass is 10.2. The lowest BCUT2D eigenvalue weighted by Gasteiger charge is -2.22. The molecule has 0 unspecified atom stereocenters. The highest BCUT2D eigenvalue weighted by Crippen LogP contribution is 2.14. The highest BCUT2D eigenvalue weighted by atomic mass is 19.1. The fourth-order valence-electron chi connectivity index (χ4n) is 2.44. The molecule has 0 aliphatic rings. The van der Waals surface area contributed by atoms with Crippen LogP contribution in [-0.2, 0) is 13.1 Å². The van der Waals surface area contributed by atoms with E-state index in [0.717, 1.165) is 18.1 Å². The highest BCUT2D eigenvalue weighted by molar-refractivity contribution is 5.79. The molecule has 0 saturated heterocycles. The molecule has 0 aliphatic carbocycles. The number of benzene rings is 1. The number of aromatic amines is 1. The number of guanidine groups is 1. The number of H-pyrrole nitrogens is 1. The molecular weight excluding hydrogens is 335 g/mol. The Morgan fingerprint density at radius 3 is 2.81 bits per heavy atom. The van der Waals surface area contributed by atoms with Crippen LogP contribution in [0.25, 0.3) is 11.6 Å². The van der Waals surface area contributed by atoms with Gasteiger partial charge in [0.2, 0.25) is 5.82 Å². The largest absolute Gasteiger partial charge is 0.461 e. The second-order valence-corrected chi connectivity index (χ2v) is 5.74. The van der Waals surface area contributed by atoms with E-state index in [4.69, 9.17) is 4.42 Å². The van der Waals surface area contributed by atoms with Gasteiger partial charge in [0.1, 0.15) is 18.2 Å². The normalized spacial score (nSPS) is 11.6. The van der Waals surface area contributed by atoms with Crippen LogP contribution >= 0.6 is 0 Å². The van der Waals surface area contributed by atoms with Crippen molar-refractivity contribution >= 4 is 5.96 Å². The van der Waals surface area contributed by atoms with Crippen molar-refractivity contribution in [2.24, 2.45) is 4.99 Å². The van der Waals surface area contributed by atoms with Gasteiger partial charge in [0.25, 0.3) is 0 Å². The zero-order chi connectivity index (χ0) is 18.4. The molecule has 0 amide bonds. The van der Waals surface area contributed by atoms with Crippen molar-refractivity contribution in [1.82, 2.24) is 25.4 Å². The monoisotopic (exact) mass is 356 g/mol. The first-order chi connectivity index (χ1) is 12.7. The van der Waals surface area contributed by atoms with Crippen molar-refractivity contribution in [3.63, 3.8) is 0 Å². The van der Waals surface area contributed by atoms with Crippen LogP contribution in [0.1, 0.15) is 18.3 Å². The summed E-state index contributed by atoms with van der Waals surface area (Å²) in [5, 5.41) is 10.2. The minimum absolute atomic E-state index is 0.241. The van der Waals surface area contributed by atoms with Crippen LogP contribution in [0.4, 0.5) is 4.39 Å². The van der Waals surface area contributed by atoms with Gasteiger partial charge in [0.05, 0.1) is 6.26 Å². The number of furan rings is 1. The van der Waals surface area contributed by atoms with Crippen LogP contribution in [0, 0.1) is 5.82 Å². The average Bonchev–Trinajstić information content (AvgIpc) is 3.32. The van der Waals surface area contributed by atoms with Gasteiger partial charge in [-0.15, -0.1) is 5.10 Å². The van der Waals surface area contributed by atoms with Gasteiger partial charge >= 0.3 is 0 Å². The molecule has 26 heavy (non-hydrogen) atoms. The summed E-state index contributed by atoms with van der Waals surface area (Å²) in [5.74, 6) is 2.24. The van der Waals surface area contributed by atoms with Crippen molar-refractivity contribution in [3.8, 4) is 11.6 Å². The summed E-state index contributed by atoms with van der Waals surface area (Å²) in [6.07, 6.45) is 1.58. The van der Waals surface area contributed by atoms with Gasteiger partial charge in [0.15, 0.2) is 11.7 Å². The van der Waals surface area contributed by atoms with E-state index in [2.05, 4.69) is 25.5 Å². The second kappa shape index (κ2) is 8.28. The van der Waals surface area contributed by atoms with E-state index in [-0.39, 0.29) is 5.82 Å². The lowest BCUT2D eigenvalue weighted by Crippen LogP contribution is -2.38. The molecule has 136 valence electrons. The molecule has 2 aromatic heterocycles. The Kier molecular flexibility index (Phi) is 5.62. The van der Waals surface area contributed by atoms with Crippen LogP contribution in [0.2, 0.25) is 0 Å². The lowest BCUT2D eigenvalue weighted by molar-refractivity contribution is 0.475. The maximum absolute atomic E-state index is 13.0. The fraction of sp³-hybridized carbons (Fsp3) is 0.278. The predicted molar refractivity (Wildman–Crippen MR) is 96.8 cm³/mol. The maximum atomic E-state index is 13.0. The van der Waals surface area contributed by atoms with Gasteiger partial charge in [-0.1, -0.05) is 12.1 Å². The SMILES string of the molecule is CCNC(=NCc1nc(-c2ccco2)n[nH]1)N(C)Cc1ccc(F)cc1. The molecule has 8 heteroatoms. The molecule has 2 heterocycles. The van der Waals surface area contributed by atoms with Gasteiger partial charge < -0.3 is 14.6 Å². The third-order valence-electron chi connectivity index (χ3n) is 3.68. The summed E-state index contributed by atoms with van der Waals surface area (Å²) in [4.78, 5) is 10.9. The Hall–Kier alpha value is -3.16. The molecule has 0 saturated carbocycles. The van der Waals surface area contributed by atoms with E-state index in [9.17, 15) is 4.39 Å². The van der Waals surface area contributed by atoms with Gasteiger partial charge in [-0.2, -0.15) is 0 Å². The quantitative estimate of drug-likeness (QED) is 0.524. The number of aliphatic imine (C=N–C) groups is 1. The van der Waals surface area contributed by atoms with Gasteiger partial charge in [0, 0.05) is 20.1 Å². The molecule has 0 bridgehead atoms. The summed E-state index contributed by atoms with van der Waals surface area (Å²) in [7, 11) is 1.93. The Balaban J connectivity index is 1.67. The molecule has 3 aromatic rings. The predicted octanol–water partition coefficient (Wildman–Crippen LogP) is 2.80. The first kappa shape index (κ1) is 17.7. The Bertz CT molecular complexity index is 841. The van der Waals surface area contributed by atoms with Crippen LogP contribution in [0.5, 0.6) is 0 Å². The van der Waals surface area contributed by atoms with Gasteiger partial charge in [-0.25, -0.2) is 14.4 Å². The standard InChI is InChI=1S/C18H21FN6O/c1-3-20-18(25(2)12-13-6-8-14(19)9-7-13)21-11-16-22-17(24-23-16)15-5-4-10-26-15/h4-10H,3,11-12H2,1-2H3,(H,20,21)(H,22,23,24). The van der Waals surface area contributed by atoms with Crippen molar-refractivity contribution < 1.29 is 8.81 Å². The van der Waals surface area contributed by atoms with Crippen LogP contribution in [0.15, 0.2) is 52.1 Å². The topological polar surface area (TPSA) is 82.3 Å². The molecule has 0 aliphatic heterocycles. The summed E-state index contributed by atoms with van der Waals surface area (Å²) < 4.78 is 18.3. The zero-order valence-corrected chi connectivity index (χ0v) is 14.7. The first-order valence-corrected chi connectivity index (χ1v) is 8.34. The summed E-state index contributed by atoms with van der Waals surface area (Å²) in [6, 6.07) is 10.0. The first-order valence-electron chi connectivity index (χ1n) is 8.34. The van der Waals surface area contributed by atoms with E-state index >= 15 is 0 Å². The van der Waals surface area contributed by atoms with Crippen molar-refractivity contribution in [2.45, 2.75) is 20.0 Å². The smallest absolute Gasteiger partial charge is 0.216 e. The average molecular weight is 356 g/mol. The minimum Gasteiger partial charge on any atom is -0.461 e. The number of halogens is 1. The molecule has 0 atom stereocenters. The molecule has 0 radical (unpaired) electrons.